The lowest BCUT2D eigenvalue weighted by atomic mass is 10.2. The lowest BCUT2D eigenvalue weighted by Gasteiger charge is -2.08. The number of aromatic nitrogens is 1. The van der Waals surface area contributed by atoms with E-state index in [1.54, 1.807) is 17.5 Å². The van der Waals surface area contributed by atoms with Crippen LogP contribution in [0.5, 0.6) is 0 Å². The van der Waals surface area contributed by atoms with Crippen molar-refractivity contribution < 1.29 is 9.53 Å². The van der Waals surface area contributed by atoms with Crippen molar-refractivity contribution in [3.05, 3.63) is 35.8 Å². The molecule has 0 saturated carbocycles. The molecule has 0 radical (unpaired) electrons. The molecule has 2 N–H and O–H groups in total. The first-order chi connectivity index (χ1) is 10.3. The Morgan fingerprint density at radius 2 is 2.33 bits per heavy atom. The number of thiazole rings is 1. The number of hydrogen-bond donors (Lipinski definition) is 2. The molecule has 0 fully saturated rings. The van der Waals surface area contributed by atoms with Gasteiger partial charge in [0.25, 0.3) is 0 Å². The van der Waals surface area contributed by atoms with E-state index in [1.165, 1.54) is 0 Å². The maximum absolute atomic E-state index is 11.8. The summed E-state index contributed by atoms with van der Waals surface area (Å²) in [6.07, 6.45) is 2.57. The summed E-state index contributed by atoms with van der Waals surface area (Å²) >= 11 is 1.57. The van der Waals surface area contributed by atoms with E-state index in [0.717, 1.165) is 22.7 Å². The number of anilines is 1. The van der Waals surface area contributed by atoms with Crippen LogP contribution in [-0.2, 0) is 4.74 Å². The van der Waals surface area contributed by atoms with Crippen molar-refractivity contribution in [3.8, 4) is 10.6 Å². The summed E-state index contributed by atoms with van der Waals surface area (Å²) in [6, 6.07) is 7.45. The van der Waals surface area contributed by atoms with Crippen LogP contribution >= 0.6 is 11.3 Å². The molecule has 1 aromatic carbocycles. The van der Waals surface area contributed by atoms with E-state index in [0.29, 0.717) is 19.8 Å². The van der Waals surface area contributed by atoms with Crippen LogP contribution in [0.3, 0.4) is 0 Å². The van der Waals surface area contributed by atoms with Crippen LogP contribution in [0.4, 0.5) is 10.5 Å². The minimum atomic E-state index is -0.206. The molecule has 0 aliphatic rings. The Balaban J connectivity index is 1.82. The smallest absolute Gasteiger partial charge is 0.319 e. The zero-order valence-electron chi connectivity index (χ0n) is 12.0. The lowest BCUT2D eigenvalue weighted by molar-refractivity contribution is 0.145. The van der Waals surface area contributed by atoms with E-state index in [9.17, 15) is 4.79 Å². The van der Waals surface area contributed by atoms with E-state index in [1.807, 2.05) is 36.6 Å². The molecule has 0 aliphatic heterocycles. The molecular formula is C15H19N3O2S. The van der Waals surface area contributed by atoms with Crippen LogP contribution in [0, 0.1) is 0 Å². The summed E-state index contributed by atoms with van der Waals surface area (Å²) in [7, 11) is 0. The fourth-order valence-electron chi connectivity index (χ4n) is 1.79. The number of rotatable bonds is 7. The molecule has 0 aliphatic carbocycles. The molecule has 6 heteroatoms. The van der Waals surface area contributed by atoms with Gasteiger partial charge in [0.15, 0.2) is 0 Å². The molecule has 21 heavy (non-hydrogen) atoms. The van der Waals surface area contributed by atoms with E-state index in [-0.39, 0.29) is 6.03 Å². The summed E-state index contributed by atoms with van der Waals surface area (Å²) in [5, 5.41) is 8.49. The number of ether oxygens (including phenoxy) is 1. The van der Waals surface area contributed by atoms with Gasteiger partial charge in [0.05, 0.1) is 0 Å². The summed E-state index contributed by atoms with van der Waals surface area (Å²) < 4.78 is 5.21. The summed E-state index contributed by atoms with van der Waals surface area (Å²) in [4.78, 5) is 16.0. The number of urea groups is 1. The van der Waals surface area contributed by atoms with Crippen LogP contribution in [0.2, 0.25) is 0 Å². The number of benzene rings is 1. The van der Waals surface area contributed by atoms with Gasteiger partial charge in [-0.25, -0.2) is 9.78 Å². The molecule has 1 heterocycles. The van der Waals surface area contributed by atoms with Crippen LogP contribution in [0.25, 0.3) is 10.6 Å². The molecule has 5 nitrogen and oxygen atoms in total. The Labute approximate surface area is 128 Å². The molecular weight excluding hydrogens is 286 g/mol. The van der Waals surface area contributed by atoms with E-state index >= 15 is 0 Å². The van der Waals surface area contributed by atoms with Gasteiger partial charge < -0.3 is 15.4 Å². The second kappa shape index (κ2) is 8.39. The van der Waals surface area contributed by atoms with Crippen molar-refractivity contribution in [1.29, 1.82) is 0 Å². The van der Waals surface area contributed by atoms with Gasteiger partial charge in [-0.1, -0.05) is 12.1 Å². The molecule has 2 rings (SSSR count). The second-order valence-electron chi connectivity index (χ2n) is 4.35. The maximum atomic E-state index is 11.8. The monoisotopic (exact) mass is 305 g/mol. The minimum Gasteiger partial charge on any atom is -0.382 e. The summed E-state index contributed by atoms with van der Waals surface area (Å²) in [5.41, 5.74) is 1.75. The molecule has 2 amide bonds. The average Bonchev–Trinajstić information content (AvgIpc) is 3.01. The Bertz CT molecular complexity index is 558. The van der Waals surface area contributed by atoms with E-state index in [2.05, 4.69) is 15.6 Å². The third-order valence-electron chi connectivity index (χ3n) is 2.75. The van der Waals surface area contributed by atoms with Crippen LogP contribution in [0.15, 0.2) is 35.8 Å². The maximum Gasteiger partial charge on any atom is 0.319 e. The van der Waals surface area contributed by atoms with Gasteiger partial charge in [-0.3, -0.25) is 0 Å². The van der Waals surface area contributed by atoms with Crippen molar-refractivity contribution in [2.45, 2.75) is 13.3 Å². The van der Waals surface area contributed by atoms with Crippen molar-refractivity contribution >= 4 is 23.1 Å². The van der Waals surface area contributed by atoms with Gasteiger partial charge in [0.2, 0.25) is 0 Å². The van der Waals surface area contributed by atoms with Gasteiger partial charge in [0.1, 0.15) is 5.01 Å². The number of carbonyl (C=O) groups excluding carboxylic acids is 1. The van der Waals surface area contributed by atoms with Crippen LogP contribution < -0.4 is 10.6 Å². The predicted molar refractivity (Wildman–Crippen MR) is 85.7 cm³/mol. The fourth-order valence-corrected chi connectivity index (χ4v) is 2.43. The first kappa shape index (κ1) is 15.5. The summed E-state index contributed by atoms with van der Waals surface area (Å²) in [6.45, 7) is 3.92. The highest BCUT2D eigenvalue weighted by Gasteiger charge is 2.04. The second-order valence-corrected chi connectivity index (χ2v) is 5.24. The first-order valence-electron chi connectivity index (χ1n) is 6.92. The van der Waals surface area contributed by atoms with Crippen molar-refractivity contribution in [2.75, 3.05) is 25.1 Å². The molecule has 2 aromatic rings. The van der Waals surface area contributed by atoms with E-state index < -0.39 is 0 Å². The van der Waals surface area contributed by atoms with Crippen molar-refractivity contribution in [3.63, 3.8) is 0 Å². The third-order valence-corrected chi connectivity index (χ3v) is 3.58. The van der Waals surface area contributed by atoms with Crippen molar-refractivity contribution in [1.82, 2.24) is 10.3 Å². The van der Waals surface area contributed by atoms with Gasteiger partial charge in [-0.05, 0) is 25.5 Å². The lowest BCUT2D eigenvalue weighted by Crippen LogP contribution is -2.30. The highest BCUT2D eigenvalue weighted by atomic mass is 32.1. The van der Waals surface area contributed by atoms with Gasteiger partial charge in [-0.2, -0.15) is 0 Å². The summed E-state index contributed by atoms with van der Waals surface area (Å²) in [5.74, 6) is 0. The zero-order valence-corrected chi connectivity index (χ0v) is 12.8. The standard InChI is InChI=1S/C15H19N3O2S/c1-2-20-9-4-7-17-15(19)18-13-6-3-5-12(11-13)14-16-8-10-21-14/h3,5-6,8,10-11H,2,4,7,9H2,1H3,(H2,17,18,19). The number of carbonyl (C=O) groups is 1. The normalized spacial score (nSPS) is 10.3. The average molecular weight is 305 g/mol. The highest BCUT2D eigenvalue weighted by Crippen LogP contribution is 2.24. The Hall–Kier alpha value is -1.92. The number of amides is 2. The molecule has 1 aromatic heterocycles. The fraction of sp³-hybridized carbons (Fsp3) is 0.333. The van der Waals surface area contributed by atoms with Crippen LogP contribution in [-0.4, -0.2) is 30.8 Å². The quantitative estimate of drug-likeness (QED) is 0.771. The third kappa shape index (κ3) is 5.17. The molecule has 0 saturated heterocycles. The van der Waals surface area contributed by atoms with Gasteiger partial charge >= 0.3 is 6.03 Å². The Kier molecular flexibility index (Phi) is 6.18. The zero-order chi connectivity index (χ0) is 14.9. The molecule has 112 valence electrons. The largest absolute Gasteiger partial charge is 0.382 e. The Morgan fingerprint density at radius 3 is 3.10 bits per heavy atom. The first-order valence-corrected chi connectivity index (χ1v) is 7.80. The predicted octanol–water partition coefficient (Wildman–Crippen LogP) is 3.36. The van der Waals surface area contributed by atoms with Crippen LogP contribution in [0.1, 0.15) is 13.3 Å². The topological polar surface area (TPSA) is 63.2 Å². The molecule has 0 bridgehead atoms. The number of nitrogens with one attached hydrogen (secondary N) is 2. The van der Waals surface area contributed by atoms with Gasteiger partial charge in [-0.15, -0.1) is 11.3 Å². The SMILES string of the molecule is CCOCCCNC(=O)Nc1cccc(-c2nccs2)c1. The minimum absolute atomic E-state index is 0.206. The molecule has 0 spiro atoms. The van der Waals surface area contributed by atoms with Crippen molar-refractivity contribution in [2.24, 2.45) is 0 Å². The Morgan fingerprint density at radius 1 is 1.43 bits per heavy atom. The van der Waals surface area contributed by atoms with E-state index in [4.69, 9.17) is 4.74 Å². The number of nitrogens with zero attached hydrogens (tertiary/aromatic N) is 1. The van der Waals surface area contributed by atoms with Gasteiger partial charge in [0, 0.05) is 42.6 Å². The highest BCUT2D eigenvalue weighted by molar-refractivity contribution is 7.13. The number of hydrogen-bond acceptors (Lipinski definition) is 4. The molecule has 0 atom stereocenters. The molecule has 0 unspecified atom stereocenters.